The van der Waals surface area contributed by atoms with Crippen molar-refractivity contribution in [2.24, 2.45) is 0 Å². The smallest absolute Gasteiger partial charge is 0.325 e. The van der Waals surface area contributed by atoms with Crippen molar-refractivity contribution in [2.75, 3.05) is 5.32 Å². The fourth-order valence-electron chi connectivity index (χ4n) is 3.03. The zero-order valence-electron chi connectivity index (χ0n) is 15.9. The molecule has 0 saturated heterocycles. The molecule has 0 atom stereocenters. The van der Waals surface area contributed by atoms with E-state index in [9.17, 15) is 14.4 Å². The van der Waals surface area contributed by atoms with Gasteiger partial charge in [0.25, 0.3) is 5.56 Å². The highest BCUT2D eigenvalue weighted by molar-refractivity contribution is 6.02. The number of hydrogen-bond donors (Lipinski definition) is 2. The van der Waals surface area contributed by atoms with Crippen LogP contribution in [0, 0.1) is 13.8 Å². The van der Waals surface area contributed by atoms with Crippen LogP contribution in [0.25, 0.3) is 22.1 Å². The van der Waals surface area contributed by atoms with E-state index in [4.69, 9.17) is 4.42 Å². The van der Waals surface area contributed by atoms with Gasteiger partial charge in [-0.3, -0.25) is 19.5 Å². The second-order valence-corrected chi connectivity index (χ2v) is 6.75. The Morgan fingerprint density at radius 3 is 2.69 bits per heavy atom. The third-order valence-corrected chi connectivity index (χ3v) is 4.68. The maximum Gasteiger partial charge on any atom is 0.325 e. The monoisotopic (exact) mass is 390 g/mol. The Bertz CT molecular complexity index is 1320. The minimum absolute atomic E-state index is 0.0704. The van der Waals surface area contributed by atoms with Crippen LogP contribution in [0.15, 0.2) is 58.0 Å². The summed E-state index contributed by atoms with van der Waals surface area (Å²) in [5.41, 5.74) is 3.25. The van der Waals surface area contributed by atoms with Gasteiger partial charge in [-0.25, -0.2) is 9.78 Å². The van der Waals surface area contributed by atoms with Gasteiger partial charge in [0.2, 0.25) is 11.5 Å². The predicted octanol–water partition coefficient (Wildman–Crippen LogP) is 3.11. The predicted molar refractivity (Wildman–Crippen MR) is 109 cm³/mol. The Hall–Kier alpha value is -3.94. The van der Waals surface area contributed by atoms with E-state index in [1.165, 1.54) is 6.33 Å². The van der Waals surface area contributed by atoms with Crippen LogP contribution < -0.4 is 16.2 Å². The summed E-state index contributed by atoms with van der Waals surface area (Å²) in [5.74, 6) is -0.648. The molecule has 2 aromatic heterocycles. The van der Waals surface area contributed by atoms with Crippen LogP contribution in [-0.4, -0.2) is 21.5 Å². The van der Waals surface area contributed by atoms with E-state index < -0.39 is 17.5 Å². The first-order chi connectivity index (χ1) is 13.9. The van der Waals surface area contributed by atoms with Crippen LogP contribution in [0.4, 0.5) is 10.5 Å². The van der Waals surface area contributed by atoms with Gasteiger partial charge in [-0.15, -0.1) is 0 Å². The molecule has 29 heavy (non-hydrogen) atoms. The van der Waals surface area contributed by atoms with Gasteiger partial charge in [0, 0.05) is 11.1 Å². The fourth-order valence-corrected chi connectivity index (χ4v) is 3.03. The van der Waals surface area contributed by atoms with E-state index in [1.54, 1.807) is 18.2 Å². The SMILES string of the molecule is Cc1ccc(NC(=O)NC(=O)Cn2cnc3c(oc4ccccc43)c2=O)cc1C. The lowest BCUT2D eigenvalue weighted by atomic mass is 10.1. The van der Waals surface area contributed by atoms with Crippen molar-refractivity contribution in [3.63, 3.8) is 0 Å². The van der Waals surface area contributed by atoms with Crippen LogP contribution in [-0.2, 0) is 11.3 Å². The standard InChI is InChI=1S/C21H18N4O4/c1-12-7-8-14(9-13(12)2)23-21(28)24-17(26)10-25-11-22-18-15-5-3-4-6-16(15)29-19(18)20(25)27/h3-9,11H,10H2,1-2H3,(H2,23,24,26,28). The number of carbonyl (C=O) groups is 2. The highest BCUT2D eigenvalue weighted by Gasteiger charge is 2.15. The van der Waals surface area contributed by atoms with E-state index in [2.05, 4.69) is 15.6 Å². The van der Waals surface area contributed by atoms with Gasteiger partial charge in [-0.2, -0.15) is 0 Å². The van der Waals surface area contributed by atoms with Gasteiger partial charge < -0.3 is 9.73 Å². The molecule has 0 bridgehead atoms. The molecule has 2 N–H and O–H groups in total. The molecule has 0 unspecified atom stereocenters. The number of benzene rings is 2. The summed E-state index contributed by atoms with van der Waals surface area (Å²) in [5, 5.41) is 5.53. The van der Waals surface area contributed by atoms with Crippen molar-refractivity contribution < 1.29 is 14.0 Å². The number of hydrogen-bond acceptors (Lipinski definition) is 5. The number of imide groups is 1. The highest BCUT2D eigenvalue weighted by atomic mass is 16.3. The van der Waals surface area contributed by atoms with E-state index >= 15 is 0 Å². The highest BCUT2D eigenvalue weighted by Crippen LogP contribution is 2.24. The molecule has 146 valence electrons. The first-order valence-corrected chi connectivity index (χ1v) is 8.97. The molecule has 3 amide bonds. The summed E-state index contributed by atoms with van der Waals surface area (Å²) < 4.78 is 6.68. The molecule has 0 aliphatic heterocycles. The molecular weight excluding hydrogens is 372 g/mol. The Balaban J connectivity index is 1.49. The summed E-state index contributed by atoms with van der Waals surface area (Å²) in [6.07, 6.45) is 1.27. The minimum Gasteiger partial charge on any atom is -0.448 e. The summed E-state index contributed by atoms with van der Waals surface area (Å²) in [7, 11) is 0. The zero-order valence-corrected chi connectivity index (χ0v) is 15.9. The average Bonchev–Trinajstić information content (AvgIpc) is 3.06. The third kappa shape index (κ3) is 3.60. The van der Waals surface area contributed by atoms with Gasteiger partial charge in [0.15, 0.2) is 0 Å². The summed E-state index contributed by atoms with van der Waals surface area (Å²) >= 11 is 0. The van der Waals surface area contributed by atoms with Crippen LogP contribution >= 0.6 is 0 Å². The lowest BCUT2D eigenvalue weighted by Crippen LogP contribution is -2.38. The van der Waals surface area contributed by atoms with Crippen molar-refractivity contribution in [2.45, 2.75) is 20.4 Å². The van der Waals surface area contributed by atoms with E-state index in [1.807, 2.05) is 38.1 Å². The molecule has 0 fully saturated rings. The molecule has 0 saturated carbocycles. The van der Waals surface area contributed by atoms with Crippen molar-refractivity contribution in [3.8, 4) is 0 Å². The number of para-hydroxylation sites is 1. The molecule has 0 aliphatic carbocycles. The second kappa shape index (κ2) is 7.23. The molecule has 4 aromatic rings. The number of aryl methyl sites for hydroxylation is 2. The zero-order chi connectivity index (χ0) is 20.5. The van der Waals surface area contributed by atoms with E-state index in [0.717, 1.165) is 21.1 Å². The molecular formula is C21H18N4O4. The molecule has 0 spiro atoms. The molecule has 2 heterocycles. The second-order valence-electron chi connectivity index (χ2n) is 6.75. The first kappa shape index (κ1) is 18.4. The minimum atomic E-state index is -0.677. The number of aromatic nitrogens is 2. The van der Waals surface area contributed by atoms with E-state index in [-0.39, 0.29) is 12.1 Å². The van der Waals surface area contributed by atoms with Gasteiger partial charge in [0.05, 0.1) is 6.33 Å². The number of furan rings is 1. The number of rotatable bonds is 3. The van der Waals surface area contributed by atoms with Gasteiger partial charge >= 0.3 is 6.03 Å². The van der Waals surface area contributed by atoms with Gasteiger partial charge in [0.1, 0.15) is 17.6 Å². The van der Waals surface area contributed by atoms with Crippen molar-refractivity contribution >= 4 is 39.7 Å². The number of anilines is 1. The maximum absolute atomic E-state index is 12.6. The Morgan fingerprint density at radius 2 is 1.90 bits per heavy atom. The summed E-state index contributed by atoms with van der Waals surface area (Å²) in [4.78, 5) is 41.1. The van der Waals surface area contributed by atoms with Crippen LogP contribution in [0.3, 0.4) is 0 Å². The molecule has 4 rings (SSSR count). The first-order valence-electron chi connectivity index (χ1n) is 8.97. The number of nitrogens with one attached hydrogen (secondary N) is 2. The van der Waals surface area contributed by atoms with Crippen LogP contribution in [0.2, 0.25) is 0 Å². The number of carbonyl (C=O) groups excluding carboxylic acids is 2. The third-order valence-electron chi connectivity index (χ3n) is 4.68. The Kier molecular flexibility index (Phi) is 4.59. The average molecular weight is 390 g/mol. The van der Waals surface area contributed by atoms with Crippen LogP contribution in [0.1, 0.15) is 11.1 Å². The Labute approximate surface area is 165 Å². The lowest BCUT2D eigenvalue weighted by Gasteiger charge is -2.09. The topological polar surface area (TPSA) is 106 Å². The molecule has 0 aliphatic rings. The molecule has 8 nitrogen and oxygen atoms in total. The number of fused-ring (bicyclic) bond motifs is 3. The van der Waals surface area contributed by atoms with Crippen molar-refractivity contribution in [1.82, 2.24) is 14.9 Å². The number of urea groups is 1. The molecule has 8 heteroatoms. The van der Waals surface area contributed by atoms with Gasteiger partial charge in [-0.1, -0.05) is 18.2 Å². The normalized spacial score (nSPS) is 11.0. The molecule has 0 radical (unpaired) electrons. The van der Waals surface area contributed by atoms with Crippen molar-refractivity contribution in [1.29, 1.82) is 0 Å². The largest absolute Gasteiger partial charge is 0.448 e. The maximum atomic E-state index is 12.6. The number of amides is 3. The van der Waals surface area contributed by atoms with Crippen LogP contribution in [0.5, 0.6) is 0 Å². The molecule has 2 aromatic carbocycles. The summed E-state index contributed by atoms with van der Waals surface area (Å²) in [6, 6.07) is 11.9. The number of nitrogens with zero attached hydrogens (tertiary/aromatic N) is 2. The summed E-state index contributed by atoms with van der Waals surface area (Å²) in [6.45, 7) is 3.53. The van der Waals surface area contributed by atoms with Gasteiger partial charge in [-0.05, 0) is 49.2 Å². The quantitative estimate of drug-likeness (QED) is 0.559. The lowest BCUT2D eigenvalue weighted by molar-refractivity contribution is -0.120. The Morgan fingerprint density at radius 1 is 1.10 bits per heavy atom. The van der Waals surface area contributed by atoms with Crippen molar-refractivity contribution in [3.05, 3.63) is 70.3 Å². The van der Waals surface area contributed by atoms with E-state index in [0.29, 0.717) is 16.8 Å². The fraction of sp³-hybridized carbons (Fsp3) is 0.143.